The molecule has 1 aromatic heterocycles. The summed E-state index contributed by atoms with van der Waals surface area (Å²) in [7, 11) is 0. The van der Waals surface area contributed by atoms with E-state index in [2.05, 4.69) is 21.4 Å². The van der Waals surface area contributed by atoms with Crippen molar-refractivity contribution in [3.05, 3.63) is 35.2 Å². The van der Waals surface area contributed by atoms with Gasteiger partial charge in [-0.1, -0.05) is 23.5 Å². The van der Waals surface area contributed by atoms with Gasteiger partial charge in [-0.3, -0.25) is 4.99 Å². The van der Waals surface area contributed by atoms with Crippen LogP contribution in [-0.4, -0.2) is 17.4 Å². The average molecular weight is 297 g/mol. The molecule has 0 saturated heterocycles. The molecular weight excluding hydrogens is 280 g/mol. The second kappa shape index (κ2) is 6.51. The quantitative estimate of drug-likeness (QED) is 0.893. The zero-order valence-corrected chi connectivity index (χ0v) is 12.5. The van der Waals surface area contributed by atoms with Crippen molar-refractivity contribution in [2.45, 2.75) is 25.7 Å². The lowest BCUT2D eigenvalue weighted by Gasteiger charge is -1.97. The van der Waals surface area contributed by atoms with Gasteiger partial charge in [0, 0.05) is 17.4 Å². The van der Waals surface area contributed by atoms with Crippen LogP contribution in [0.15, 0.2) is 29.6 Å². The number of rotatable bonds is 2. The molecule has 3 rings (SSSR count). The molecule has 0 spiro atoms. The predicted molar refractivity (Wildman–Crippen MR) is 85.2 cm³/mol. The third-order valence-corrected chi connectivity index (χ3v) is 4.27. The summed E-state index contributed by atoms with van der Waals surface area (Å²) >= 11 is 1.61. The summed E-state index contributed by atoms with van der Waals surface area (Å²) in [5.74, 6) is 1.17. The van der Waals surface area contributed by atoms with Crippen molar-refractivity contribution in [3.8, 4) is 17.3 Å². The lowest BCUT2D eigenvalue weighted by atomic mass is 10.1. The Morgan fingerprint density at radius 1 is 1.19 bits per heavy atom. The largest absolute Gasteiger partial charge is 0.278 e. The van der Waals surface area contributed by atoms with Crippen LogP contribution in [0.1, 0.15) is 31.2 Å². The van der Waals surface area contributed by atoms with Gasteiger partial charge in [-0.15, -0.1) is 0 Å². The number of aromatic nitrogens is 1. The Kier molecular flexibility index (Phi) is 4.27. The van der Waals surface area contributed by atoms with E-state index in [1.807, 2.05) is 29.6 Å². The molecule has 0 amide bonds. The minimum atomic E-state index is 0.672. The summed E-state index contributed by atoms with van der Waals surface area (Å²) in [6.45, 7) is 1.04. The molecule has 106 valence electrons. The third kappa shape index (κ3) is 3.47. The van der Waals surface area contributed by atoms with E-state index in [0.29, 0.717) is 5.56 Å². The second-order valence-electron chi connectivity index (χ2n) is 5.07. The highest BCUT2D eigenvalue weighted by atomic mass is 32.1. The Morgan fingerprint density at radius 2 is 2.05 bits per heavy atom. The first-order valence-electron chi connectivity index (χ1n) is 7.18. The summed E-state index contributed by atoms with van der Waals surface area (Å²) in [6, 6.07) is 9.65. The highest BCUT2D eigenvalue weighted by Crippen LogP contribution is 2.25. The molecule has 0 unspecified atom stereocenters. The number of benzene rings is 1. The van der Waals surface area contributed by atoms with Crippen molar-refractivity contribution in [1.29, 1.82) is 5.26 Å². The number of amidine groups is 1. The topological polar surface area (TPSA) is 62.7 Å². The smallest absolute Gasteiger partial charge is 0.277 e. The predicted octanol–water partition coefficient (Wildman–Crippen LogP) is 2.15. The molecule has 0 bridgehead atoms. The number of nitriles is 1. The van der Waals surface area contributed by atoms with Crippen LogP contribution in [0.5, 0.6) is 0 Å². The van der Waals surface area contributed by atoms with Crippen molar-refractivity contribution >= 4 is 22.3 Å². The van der Waals surface area contributed by atoms with Crippen molar-refractivity contribution in [2.24, 2.45) is 0 Å². The van der Waals surface area contributed by atoms with Crippen molar-refractivity contribution < 1.29 is 4.99 Å². The fraction of sp³-hybridized carbons (Fsp3) is 0.312. The molecular formula is C16H17N4S+. The molecule has 2 aromatic rings. The number of hydrogen-bond acceptors (Lipinski definition) is 4. The number of hydrogen-bond donors (Lipinski definition) is 2. The van der Waals surface area contributed by atoms with Gasteiger partial charge in [-0.05, 0) is 31.4 Å². The highest BCUT2D eigenvalue weighted by molar-refractivity contribution is 7.14. The number of anilines is 1. The van der Waals surface area contributed by atoms with Crippen molar-refractivity contribution in [3.63, 3.8) is 0 Å². The highest BCUT2D eigenvalue weighted by Gasteiger charge is 2.14. The zero-order valence-electron chi connectivity index (χ0n) is 11.7. The summed E-state index contributed by atoms with van der Waals surface area (Å²) in [5, 5.41) is 15.2. The number of thiazole rings is 1. The van der Waals surface area contributed by atoms with Crippen LogP contribution in [0.2, 0.25) is 0 Å². The van der Waals surface area contributed by atoms with Gasteiger partial charge in [-0.25, -0.2) is 5.32 Å². The fourth-order valence-electron chi connectivity index (χ4n) is 2.35. The van der Waals surface area contributed by atoms with E-state index >= 15 is 0 Å². The molecule has 5 heteroatoms. The minimum absolute atomic E-state index is 0.672. The molecule has 2 N–H and O–H groups in total. The maximum absolute atomic E-state index is 8.83. The summed E-state index contributed by atoms with van der Waals surface area (Å²) < 4.78 is 0. The van der Waals surface area contributed by atoms with Crippen LogP contribution >= 0.6 is 11.3 Å². The summed E-state index contributed by atoms with van der Waals surface area (Å²) in [4.78, 5) is 8.05. The van der Waals surface area contributed by atoms with Crippen LogP contribution < -0.4 is 10.3 Å². The summed E-state index contributed by atoms with van der Waals surface area (Å²) in [5.41, 5.74) is 2.66. The molecule has 21 heavy (non-hydrogen) atoms. The molecule has 0 atom stereocenters. The van der Waals surface area contributed by atoms with Gasteiger partial charge >= 0.3 is 0 Å². The van der Waals surface area contributed by atoms with E-state index in [1.165, 1.54) is 25.1 Å². The van der Waals surface area contributed by atoms with Crippen LogP contribution in [0.3, 0.4) is 0 Å². The van der Waals surface area contributed by atoms with Gasteiger partial charge in [0.15, 0.2) is 0 Å². The fourth-order valence-corrected chi connectivity index (χ4v) is 3.09. The van der Waals surface area contributed by atoms with E-state index in [0.717, 1.165) is 29.4 Å². The SMILES string of the molecule is N#Cc1ccc(-c2csc(NC3=[NH+]CCCCC3)n2)cc1. The van der Waals surface area contributed by atoms with Gasteiger partial charge in [0.05, 0.1) is 23.9 Å². The molecule has 1 aliphatic heterocycles. The Bertz CT molecular complexity index is 679. The van der Waals surface area contributed by atoms with Gasteiger partial charge in [-0.2, -0.15) is 10.2 Å². The van der Waals surface area contributed by atoms with Gasteiger partial charge in [0.25, 0.3) is 5.13 Å². The number of nitrogens with one attached hydrogen (secondary N) is 2. The standard InChI is InChI=1S/C16H16N4S/c17-10-12-5-7-13(8-6-12)14-11-21-16(19-14)20-15-4-2-1-3-9-18-15/h5-8,11H,1-4,9H2,(H,18,19,20)/p+1. The molecule has 0 aliphatic carbocycles. The van der Waals surface area contributed by atoms with E-state index in [9.17, 15) is 0 Å². The van der Waals surface area contributed by atoms with Crippen LogP contribution in [0.25, 0.3) is 11.3 Å². The van der Waals surface area contributed by atoms with Crippen LogP contribution in [0.4, 0.5) is 5.13 Å². The lowest BCUT2D eigenvalue weighted by Crippen LogP contribution is -2.74. The monoisotopic (exact) mass is 297 g/mol. The Morgan fingerprint density at radius 3 is 2.86 bits per heavy atom. The maximum Gasteiger partial charge on any atom is 0.277 e. The maximum atomic E-state index is 8.83. The lowest BCUT2D eigenvalue weighted by molar-refractivity contribution is -0.457. The Labute approximate surface area is 128 Å². The van der Waals surface area contributed by atoms with Crippen LogP contribution in [-0.2, 0) is 0 Å². The molecule has 0 fully saturated rings. The van der Waals surface area contributed by atoms with Crippen molar-refractivity contribution in [1.82, 2.24) is 4.98 Å². The second-order valence-corrected chi connectivity index (χ2v) is 5.93. The zero-order chi connectivity index (χ0) is 14.5. The first-order valence-corrected chi connectivity index (χ1v) is 8.06. The first-order chi connectivity index (χ1) is 10.3. The van der Waals surface area contributed by atoms with E-state index in [1.54, 1.807) is 11.3 Å². The average Bonchev–Trinajstić information content (AvgIpc) is 2.83. The Balaban J connectivity index is 1.73. The van der Waals surface area contributed by atoms with Gasteiger partial charge in [0.2, 0.25) is 5.84 Å². The van der Waals surface area contributed by atoms with E-state index < -0.39 is 0 Å². The first kappa shape index (κ1) is 13.8. The van der Waals surface area contributed by atoms with Crippen molar-refractivity contribution in [2.75, 3.05) is 11.9 Å². The van der Waals surface area contributed by atoms with Gasteiger partial charge in [0.1, 0.15) is 0 Å². The molecule has 1 aliphatic rings. The van der Waals surface area contributed by atoms with E-state index in [4.69, 9.17) is 5.26 Å². The molecule has 0 saturated carbocycles. The Hall–Kier alpha value is -2.19. The molecule has 1 aromatic carbocycles. The minimum Gasteiger partial charge on any atom is -0.278 e. The van der Waals surface area contributed by atoms with Gasteiger partial charge < -0.3 is 0 Å². The normalized spacial score (nSPS) is 14.9. The van der Waals surface area contributed by atoms with Crippen LogP contribution in [0, 0.1) is 11.3 Å². The molecule has 4 nitrogen and oxygen atoms in total. The molecule has 2 heterocycles. The summed E-state index contributed by atoms with van der Waals surface area (Å²) in [6.07, 6.45) is 4.81. The third-order valence-electron chi connectivity index (χ3n) is 3.51. The number of nitrogens with zero attached hydrogens (tertiary/aromatic N) is 2. The molecule has 0 radical (unpaired) electrons. The van der Waals surface area contributed by atoms with E-state index in [-0.39, 0.29) is 0 Å².